The highest BCUT2D eigenvalue weighted by molar-refractivity contribution is 5.77. The fourth-order valence-corrected chi connectivity index (χ4v) is 2.36. The van der Waals surface area contributed by atoms with E-state index in [4.69, 9.17) is 15.7 Å². The Kier molecular flexibility index (Phi) is 4.26. The molecule has 3 rings (SSSR count). The van der Waals surface area contributed by atoms with Gasteiger partial charge in [0.05, 0.1) is 11.6 Å². The lowest BCUT2D eigenvalue weighted by Crippen LogP contribution is -1.97. The lowest BCUT2D eigenvalue weighted by molar-refractivity contribution is 0.306. The summed E-state index contributed by atoms with van der Waals surface area (Å²) >= 11 is 0. The molecule has 0 fully saturated rings. The molecule has 0 aliphatic rings. The van der Waals surface area contributed by atoms with Gasteiger partial charge < -0.3 is 10.5 Å². The number of nitrogens with zero attached hydrogens (tertiary/aromatic N) is 1. The summed E-state index contributed by atoms with van der Waals surface area (Å²) in [4.78, 5) is 0. The molecule has 3 heteroatoms. The number of nitriles is 1. The maximum atomic E-state index is 8.85. The third-order valence-corrected chi connectivity index (χ3v) is 3.60. The molecule has 0 radical (unpaired) electrons. The van der Waals surface area contributed by atoms with Crippen molar-refractivity contribution in [3.8, 4) is 22.9 Å². The first kappa shape index (κ1) is 14.7. The average molecular weight is 300 g/mol. The van der Waals surface area contributed by atoms with Crippen LogP contribution in [0.2, 0.25) is 0 Å². The molecule has 0 aromatic heterocycles. The number of hydrogen-bond donors (Lipinski definition) is 1. The van der Waals surface area contributed by atoms with Crippen LogP contribution in [-0.2, 0) is 6.61 Å². The lowest BCUT2D eigenvalue weighted by atomic mass is 10.0. The first-order valence-electron chi connectivity index (χ1n) is 7.33. The Balaban J connectivity index is 1.76. The van der Waals surface area contributed by atoms with Crippen molar-refractivity contribution in [2.24, 2.45) is 0 Å². The minimum atomic E-state index is 0.510. The third-order valence-electron chi connectivity index (χ3n) is 3.60. The normalized spacial score (nSPS) is 10.0. The van der Waals surface area contributed by atoms with Crippen molar-refractivity contribution in [3.63, 3.8) is 0 Å². The highest BCUT2D eigenvalue weighted by atomic mass is 16.5. The Morgan fingerprint density at radius 2 is 1.65 bits per heavy atom. The Labute approximate surface area is 135 Å². The van der Waals surface area contributed by atoms with E-state index >= 15 is 0 Å². The van der Waals surface area contributed by atoms with Crippen LogP contribution in [0.1, 0.15) is 11.1 Å². The van der Waals surface area contributed by atoms with Crippen LogP contribution in [-0.4, -0.2) is 0 Å². The Morgan fingerprint density at radius 1 is 0.913 bits per heavy atom. The molecule has 0 unspecified atom stereocenters. The van der Waals surface area contributed by atoms with E-state index in [2.05, 4.69) is 6.07 Å². The molecule has 0 heterocycles. The first-order chi connectivity index (χ1) is 11.3. The molecule has 0 aliphatic heterocycles. The fourth-order valence-electron chi connectivity index (χ4n) is 2.36. The van der Waals surface area contributed by atoms with Gasteiger partial charge in [-0.15, -0.1) is 0 Å². The summed E-state index contributed by atoms with van der Waals surface area (Å²) in [5, 5.41) is 8.85. The van der Waals surface area contributed by atoms with E-state index in [9.17, 15) is 0 Å². The van der Waals surface area contributed by atoms with Gasteiger partial charge in [0.25, 0.3) is 0 Å². The van der Waals surface area contributed by atoms with Crippen molar-refractivity contribution < 1.29 is 4.74 Å². The molecule has 2 N–H and O–H groups in total. The SMILES string of the molecule is N#Cc1ccc(-c2ccc(OCc3ccccc3)cc2N)cc1. The smallest absolute Gasteiger partial charge is 0.121 e. The van der Waals surface area contributed by atoms with Crippen LogP contribution in [0.5, 0.6) is 5.75 Å². The molecule has 0 bridgehead atoms. The van der Waals surface area contributed by atoms with Gasteiger partial charge in [-0.1, -0.05) is 42.5 Å². The maximum Gasteiger partial charge on any atom is 0.121 e. The predicted octanol–water partition coefficient (Wildman–Crippen LogP) is 4.39. The van der Waals surface area contributed by atoms with Crippen molar-refractivity contribution in [1.29, 1.82) is 5.26 Å². The number of rotatable bonds is 4. The van der Waals surface area contributed by atoms with Crippen molar-refractivity contribution in [1.82, 2.24) is 0 Å². The topological polar surface area (TPSA) is 59.0 Å². The summed E-state index contributed by atoms with van der Waals surface area (Å²) in [7, 11) is 0. The summed E-state index contributed by atoms with van der Waals surface area (Å²) in [6.45, 7) is 0.510. The fraction of sp³-hybridized carbons (Fsp3) is 0.0500. The van der Waals surface area contributed by atoms with Gasteiger partial charge in [0.15, 0.2) is 0 Å². The van der Waals surface area contributed by atoms with E-state index in [-0.39, 0.29) is 0 Å². The van der Waals surface area contributed by atoms with E-state index in [0.29, 0.717) is 17.9 Å². The average Bonchev–Trinajstić information content (AvgIpc) is 2.61. The summed E-state index contributed by atoms with van der Waals surface area (Å²) in [5.74, 6) is 0.740. The van der Waals surface area contributed by atoms with E-state index < -0.39 is 0 Å². The van der Waals surface area contributed by atoms with Crippen LogP contribution >= 0.6 is 0 Å². The van der Waals surface area contributed by atoms with Crippen LogP contribution in [0.25, 0.3) is 11.1 Å². The van der Waals surface area contributed by atoms with Crippen molar-refractivity contribution in [2.75, 3.05) is 5.73 Å². The molecule has 0 atom stereocenters. The summed E-state index contributed by atoms with van der Waals surface area (Å²) in [5.41, 5.74) is 10.5. The van der Waals surface area contributed by atoms with E-state index in [1.807, 2.05) is 60.7 Å². The first-order valence-corrected chi connectivity index (χ1v) is 7.33. The Morgan fingerprint density at radius 3 is 2.30 bits per heavy atom. The highest BCUT2D eigenvalue weighted by Gasteiger charge is 2.05. The molecule has 3 aromatic rings. The van der Waals surface area contributed by atoms with E-state index in [0.717, 1.165) is 22.4 Å². The predicted molar refractivity (Wildman–Crippen MR) is 91.8 cm³/mol. The Hall–Kier alpha value is -3.25. The minimum absolute atomic E-state index is 0.510. The van der Waals surface area contributed by atoms with Gasteiger partial charge in [0.2, 0.25) is 0 Å². The van der Waals surface area contributed by atoms with Crippen LogP contribution in [0.3, 0.4) is 0 Å². The summed E-state index contributed by atoms with van der Waals surface area (Å²) in [6, 6.07) is 25.2. The van der Waals surface area contributed by atoms with Gasteiger partial charge in [-0.05, 0) is 35.4 Å². The molecule has 3 nitrogen and oxygen atoms in total. The molecular weight excluding hydrogens is 284 g/mol. The second-order valence-corrected chi connectivity index (χ2v) is 5.21. The maximum absolute atomic E-state index is 8.85. The zero-order valence-corrected chi connectivity index (χ0v) is 12.6. The van der Waals surface area contributed by atoms with Crippen molar-refractivity contribution >= 4 is 5.69 Å². The van der Waals surface area contributed by atoms with Gasteiger partial charge in [0, 0.05) is 17.3 Å². The molecular formula is C20H16N2O. The van der Waals surface area contributed by atoms with Gasteiger partial charge in [-0.2, -0.15) is 5.26 Å². The molecule has 0 amide bonds. The molecule has 3 aromatic carbocycles. The summed E-state index contributed by atoms with van der Waals surface area (Å²) < 4.78 is 5.78. The minimum Gasteiger partial charge on any atom is -0.489 e. The van der Waals surface area contributed by atoms with E-state index in [1.54, 1.807) is 12.1 Å². The number of ether oxygens (including phenoxy) is 1. The lowest BCUT2D eigenvalue weighted by Gasteiger charge is -2.10. The second kappa shape index (κ2) is 6.67. The zero-order chi connectivity index (χ0) is 16.1. The highest BCUT2D eigenvalue weighted by Crippen LogP contribution is 2.29. The number of hydrogen-bond acceptors (Lipinski definition) is 3. The number of nitrogens with two attached hydrogens (primary N) is 1. The molecule has 23 heavy (non-hydrogen) atoms. The molecule has 112 valence electrons. The monoisotopic (exact) mass is 300 g/mol. The van der Waals surface area contributed by atoms with Crippen LogP contribution in [0, 0.1) is 11.3 Å². The van der Waals surface area contributed by atoms with Gasteiger partial charge in [-0.3, -0.25) is 0 Å². The molecule has 0 spiro atoms. The molecule has 0 saturated heterocycles. The quantitative estimate of drug-likeness (QED) is 0.727. The number of anilines is 1. The van der Waals surface area contributed by atoms with Crippen LogP contribution in [0.4, 0.5) is 5.69 Å². The second-order valence-electron chi connectivity index (χ2n) is 5.21. The third kappa shape index (κ3) is 3.50. The molecule has 0 saturated carbocycles. The van der Waals surface area contributed by atoms with Gasteiger partial charge in [-0.25, -0.2) is 0 Å². The van der Waals surface area contributed by atoms with Crippen molar-refractivity contribution in [3.05, 3.63) is 83.9 Å². The van der Waals surface area contributed by atoms with Crippen LogP contribution in [0.15, 0.2) is 72.8 Å². The van der Waals surface area contributed by atoms with Gasteiger partial charge in [0.1, 0.15) is 12.4 Å². The number of nitrogen functional groups attached to an aromatic ring is 1. The zero-order valence-electron chi connectivity index (χ0n) is 12.6. The summed E-state index contributed by atoms with van der Waals surface area (Å²) in [6.07, 6.45) is 0. The largest absolute Gasteiger partial charge is 0.489 e. The molecule has 0 aliphatic carbocycles. The number of benzene rings is 3. The van der Waals surface area contributed by atoms with Crippen LogP contribution < -0.4 is 10.5 Å². The standard InChI is InChI=1S/C20H16N2O/c21-13-15-6-8-17(9-7-15)19-11-10-18(12-20(19)22)23-14-16-4-2-1-3-5-16/h1-12H,14,22H2. The van der Waals surface area contributed by atoms with E-state index in [1.165, 1.54) is 0 Å². The van der Waals surface area contributed by atoms with Crippen molar-refractivity contribution in [2.45, 2.75) is 6.61 Å². The van der Waals surface area contributed by atoms with Gasteiger partial charge >= 0.3 is 0 Å². The Bertz CT molecular complexity index is 834.